The van der Waals surface area contributed by atoms with Crippen LogP contribution in [0.25, 0.3) is 0 Å². The second kappa shape index (κ2) is 5.70. The van der Waals surface area contributed by atoms with Gasteiger partial charge in [0.15, 0.2) is 0 Å². The van der Waals surface area contributed by atoms with Crippen LogP contribution in [-0.4, -0.2) is 36.1 Å². The molecule has 2 aromatic heterocycles. The second-order valence-electron chi connectivity index (χ2n) is 4.61. The standard InChI is InChI=1S/C12H17N5O3S/c1-8(9-5-14-15-6-9)16-12(18)11-4-10(7-17(11)3)21(19,20)13-2/h4-8,13H,1-3H3,(H,14,15)(H,16,18). The number of carbonyl (C=O) groups is 1. The van der Waals surface area contributed by atoms with Crippen molar-refractivity contribution in [3.63, 3.8) is 0 Å². The normalized spacial score (nSPS) is 13.1. The molecule has 8 nitrogen and oxygen atoms in total. The van der Waals surface area contributed by atoms with E-state index in [1.54, 1.807) is 19.4 Å². The van der Waals surface area contributed by atoms with Gasteiger partial charge in [0, 0.05) is 25.0 Å². The molecular weight excluding hydrogens is 294 g/mol. The molecule has 0 aromatic carbocycles. The third-order valence-electron chi connectivity index (χ3n) is 3.16. The summed E-state index contributed by atoms with van der Waals surface area (Å²) in [6, 6.07) is 1.10. The van der Waals surface area contributed by atoms with Crippen LogP contribution in [0.15, 0.2) is 29.6 Å². The first kappa shape index (κ1) is 15.3. The quantitative estimate of drug-likeness (QED) is 0.730. The van der Waals surface area contributed by atoms with Gasteiger partial charge in [-0.25, -0.2) is 13.1 Å². The number of hydrogen-bond donors (Lipinski definition) is 3. The van der Waals surface area contributed by atoms with Crippen LogP contribution >= 0.6 is 0 Å². The highest BCUT2D eigenvalue weighted by molar-refractivity contribution is 7.89. The zero-order valence-corrected chi connectivity index (χ0v) is 12.7. The molecule has 2 heterocycles. The van der Waals surface area contributed by atoms with Crippen LogP contribution < -0.4 is 10.0 Å². The maximum Gasteiger partial charge on any atom is 0.268 e. The minimum atomic E-state index is -3.57. The molecule has 21 heavy (non-hydrogen) atoms. The number of nitrogens with one attached hydrogen (secondary N) is 3. The molecule has 0 fully saturated rings. The maximum atomic E-state index is 12.2. The van der Waals surface area contributed by atoms with Crippen molar-refractivity contribution in [2.24, 2.45) is 7.05 Å². The van der Waals surface area contributed by atoms with Crippen molar-refractivity contribution in [1.82, 2.24) is 24.8 Å². The lowest BCUT2D eigenvalue weighted by molar-refractivity contribution is 0.0931. The van der Waals surface area contributed by atoms with Gasteiger partial charge < -0.3 is 9.88 Å². The number of amides is 1. The monoisotopic (exact) mass is 311 g/mol. The fourth-order valence-corrected chi connectivity index (χ4v) is 2.68. The molecule has 0 aliphatic heterocycles. The number of hydrogen-bond acceptors (Lipinski definition) is 4. The van der Waals surface area contributed by atoms with E-state index in [0.717, 1.165) is 5.56 Å². The molecule has 1 unspecified atom stereocenters. The molecule has 2 rings (SSSR count). The molecule has 1 amide bonds. The Bertz CT molecular complexity index is 733. The van der Waals surface area contributed by atoms with Gasteiger partial charge in [-0.15, -0.1) is 0 Å². The summed E-state index contributed by atoms with van der Waals surface area (Å²) in [5.41, 5.74) is 1.10. The van der Waals surface area contributed by atoms with Gasteiger partial charge in [-0.1, -0.05) is 0 Å². The SMILES string of the molecule is CNS(=O)(=O)c1cc(C(=O)NC(C)c2cn[nH]c2)n(C)c1. The van der Waals surface area contributed by atoms with Gasteiger partial charge in [0.25, 0.3) is 5.91 Å². The molecule has 0 spiro atoms. The highest BCUT2D eigenvalue weighted by Gasteiger charge is 2.20. The van der Waals surface area contributed by atoms with Gasteiger partial charge in [-0.3, -0.25) is 9.89 Å². The smallest absolute Gasteiger partial charge is 0.268 e. The Hall–Kier alpha value is -2.13. The van der Waals surface area contributed by atoms with E-state index in [1.807, 2.05) is 6.92 Å². The number of carbonyl (C=O) groups excluding carboxylic acids is 1. The van der Waals surface area contributed by atoms with Gasteiger partial charge >= 0.3 is 0 Å². The molecule has 0 aliphatic rings. The lowest BCUT2D eigenvalue weighted by atomic mass is 10.2. The van der Waals surface area contributed by atoms with Crippen LogP contribution in [0.2, 0.25) is 0 Å². The average molecular weight is 311 g/mol. The predicted molar refractivity (Wildman–Crippen MR) is 76.1 cm³/mol. The second-order valence-corrected chi connectivity index (χ2v) is 6.49. The first-order valence-corrected chi connectivity index (χ1v) is 7.73. The van der Waals surface area contributed by atoms with Gasteiger partial charge in [0.1, 0.15) is 10.6 Å². The van der Waals surface area contributed by atoms with E-state index >= 15 is 0 Å². The Morgan fingerprint density at radius 1 is 1.48 bits per heavy atom. The molecule has 0 radical (unpaired) electrons. The number of aryl methyl sites for hydroxylation is 1. The van der Waals surface area contributed by atoms with E-state index in [0.29, 0.717) is 0 Å². The minimum absolute atomic E-state index is 0.0496. The van der Waals surface area contributed by atoms with Gasteiger partial charge in [-0.05, 0) is 20.0 Å². The van der Waals surface area contributed by atoms with E-state index in [9.17, 15) is 13.2 Å². The molecule has 0 bridgehead atoms. The topological polar surface area (TPSA) is 109 Å². The molecule has 3 N–H and O–H groups in total. The summed E-state index contributed by atoms with van der Waals surface area (Å²) < 4.78 is 27.1. The Morgan fingerprint density at radius 2 is 2.19 bits per heavy atom. The summed E-state index contributed by atoms with van der Waals surface area (Å²) in [5, 5.41) is 9.28. The summed E-state index contributed by atoms with van der Waals surface area (Å²) >= 11 is 0. The predicted octanol–water partition coefficient (Wildman–Crippen LogP) is 0.147. The Labute approximate surface area is 122 Å². The number of rotatable bonds is 5. The number of aromatic amines is 1. The minimum Gasteiger partial charge on any atom is -0.345 e. The summed E-state index contributed by atoms with van der Waals surface area (Å²) in [6.07, 6.45) is 4.70. The van der Waals surface area contributed by atoms with Crippen molar-refractivity contribution in [3.05, 3.63) is 35.9 Å². The molecule has 0 saturated carbocycles. The van der Waals surface area contributed by atoms with Crippen LogP contribution in [0.5, 0.6) is 0 Å². The van der Waals surface area contributed by atoms with Crippen LogP contribution in [0.3, 0.4) is 0 Å². The van der Waals surface area contributed by atoms with Gasteiger partial charge in [0.05, 0.1) is 12.2 Å². The molecule has 1 atom stereocenters. The highest BCUT2D eigenvalue weighted by Crippen LogP contribution is 2.15. The van der Waals surface area contributed by atoms with Gasteiger partial charge in [0.2, 0.25) is 10.0 Å². The van der Waals surface area contributed by atoms with E-state index < -0.39 is 10.0 Å². The number of sulfonamides is 1. The zero-order chi connectivity index (χ0) is 15.6. The van der Waals surface area contributed by atoms with Crippen LogP contribution in [-0.2, 0) is 17.1 Å². The molecule has 0 aliphatic carbocycles. The van der Waals surface area contributed by atoms with Crippen molar-refractivity contribution in [2.45, 2.75) is 17.9 Å². The van der Waals surface area contributed by atoms with Crippen molar-refractivity contribution >= 4 is 15.9 Å². The molecule has 9 heteroatoms. The fraction of sp³-hybridized carbons (Fsp3) is 0.333. The molecule has 2 aromatic rings. The highest BCUT2D eigenvalue weighted by atomic mass is 32.2. The molecule has 0 saturated heterocycles. The Kier molecular flexibility index (Phi) is 4.14. The lowest BCUT2D eigenvalue weighted by Gasteiger charge is -2.12. The summed E-state index contributed by atoms with van der Waals surface area (Å²) in [6.45, 7) is 1.82. The Balaban J connectivity index is 2.20. The van der Waals surface area contributed by atoms with Gasteiger partial charge in [-0.2, -0.15) is 5.10 Å². The van der Waals surface area contributed by atoms with E-state index in [-0.39, 0.29) is 22.5 Å². The van der Waals surface area contributed by atoms with E-state index in [4.69, 9.17) is 0 Å². The van der Waals surface area contributed by atoms with E-state index in [1.165, 1.54) is 23.9 Å². The van der Waals surface area contributed by atoms with Crippen molar-refractivity contribution < 1.29 is 13.2 Å². The van der Waals surface area contributed by atoms with Crippen molar-refractivity contribution in [1.29, 1.82) is 0 Å². The summed E-state index contributed by atoms with van der Waals surface area (Å²) in [4.78, 5) is 12.3. The number of aromatic nitrogens is 3. The average Bonchev–Trinajstić information content (AvgIpc) is 3.07. The zero-order valence-electron chi connectivity index (χ0n) is 11.9. The van der Waals surface area contributed by atoms with Crippen molar-refractivity contribution in [3.8, 4) is 0 Å². The maximum absolute atomic E-state index is 12.2. The van der Waals surface area contributed by atoms with Crippen LogP contribution in [0, 0.1) is 0 Å². The molecule has 114 valence electrons. The Morgan fingerprint density at radius 3 is 2.76 bits per heavy atom. The number of H-pyrrole nitrogens is 1. The fourth-order valence-electron chi connectivity index (χ4n) is 1.88. The largest absolute Gasteiger partial charge is 0.345 e. The first-order valence-electron chi connectivity index (χ1n) is 6.24. The third kappa shape index (κ3) is 3.14. The van der Waals surface area contributed by atoms with Crippen LogP contribution in [0.1, 0.15) is 29.0 Å². The van der Waals surface area contributed by atoms with Crippen LogP contribution in [0.4, 0.5) is 0 Å². The molecular formula is C12H17N5O3S. The van der Waals surface area contributed by atoms with E-state index in [2.05, 4.69) is 20.2 Å². The summed E-state index contributed by atoms with van der Waals surface area (Å²) in [5.74, 6) is -0.358. The summed E-state index contributed by atoms with van der Waals surface area (Å²) in [7, 11) is -0.631. The third-order valence-corrected chi connectivity index (χ3v) is 4.54. The van der Waals surface area contributed by atoms with Crippen molar-refractivity contribution in [2.75, 3.05) is 7.05 Å². The lowest BCUT2D eigenvalue weighted by Crippen LogP contribution is -2.28. The number of nitrogens with zero attached hydrogens (tertiary/aromatic N) is 2. The first-order chi connectivity index (χ1) is 9.85.